The summed E-state index contributed by atoms with van der Waals surface area (Å²) in [5.41, 5.74) is 1.41. The molecule has 0 saturated heterocycles. The molecule has 2 heterocycles. The van der Waals surface area contributed by atoms with E-state index in [1.54, 1.807) is 18.5 Å². The van der Waals surface area contributed by atoms with Crippen molar-refractivity contribution in [3.8, 4) is 0 Å². The van der Waals surface area contributed by atoms with Gasteiger partial charge in [0.05, 0.1) is 11.3 Å². The second-order valence-electron chi connectivity index (χ2n) is 5.40. The number of nitrogens with zero attached hydrogens (tertiary/aromatic N) is 2. The number of nitrogens with one attached hydrogen (secondary N) is 2. The van der Waals surface area contributed by atoms with Gasteiger partial charge in [-0.15, -0.1) is 11.3 Å². The number of carbonyl (C=O) groups excluding carboxylic acids is 2. The van der Waals surface area contributed by atoms with Crippen molar-refractivity contribution < 1.29 is 9.59 Å². The number of imide groups is 1. The lowest BCUT2D eigenvalue weighted by Crippen LogP contribution is -2.40. The molecule has 2 N–H and O–H groups in total. The van der Waals surface area contributed by atoms with Crippen molar-refractivity contribution >= 4 is 45.3 Å². The molecular weight excluding hydrogens is 372 g/mol. The SMILES string of the molecule is Cn1c(SCC(=O)NC(=O)NCc2ccccc2)nc2ccsc2c1=O. The highest BCUT2D eigenvalue weighted by molar-refractivity contribution is 7.99. The smallest absolute Gasteiger partial charge is 0.321 e. The van der Waals surface area contributed by atoms with Crippen LogP contribution in [0.3, 0.4) is 0 Å². The van der Waals surface area contributed by atoms with Crippen LogP contribution in [-0.2, 0) is 18.4 Å². The van der Waals surface area contributed by atoms with Crippen molar-refractivity contribution in [1.82, 2.24) is 20.2 Å². The van der Waals surface area contributed by atoms with Crippen LogP contribution in [-0.4, -0.2) is 27.2 Å². The van der Waals surface area contributed by atoms with E-state index >= 15 is 0 Å². The maximum Gasteiger partial charge on any atom is 0.321 e. The monoisotopic (exact) mass is 388 g/mol. The van der Waals surface area contributed by atoms with Gasteiger partial charge in [-0.2, -0.15) is 0 Å². The van der Waals surface area contributed by atoms with E-state index in [-0.39, 0.29) is 11.3 Å². The van der Waals surface area contributed by atoms with E-state index in [1.165, 1.54) is 15.9 Å². The minimum atomic E-state index is -0.561. The Morgan fingerprint density at radius 1 is 1.23 bits per heavy atom. The Balaban J connectivity index is 1.53. The van der Waals surface area contributed by atoms with Gasteiger partial charge in [-0.1, -0.05) is 42.1 Å². The molecule has 0 spiro atoms. The number of thiophene rings is 1. The van der Waals surface area contributed by atoms with Crippen LogP contribution in [0.5, 0.6) is 0 Å². The topological polar surface area (TPSA) is 93.1 Å². The third-order valence-corrected chi connectivity index (χ3v) is 5.45. The van der Waals surface area contributed by atoms with Gasteiger partial charge in [-0.3, -0.25) is 19.5 Å². The van der Waals surface area contributed by atoms with Gasteiger partial charge in [-0.25, -0.2) is 9.78 Å². The van der Waals surface area contributed by atoms with Gasteiger partial charge < -0.3 is 5.32 Å². The van der Waals surface area contributed by atoms with Crippen LogP contribution < -0.4 is 16.2 Å². The summed E-state index contributed by atoms with van der Waals surface area (Å²) in [5, 5.41) is 7.12. The van der Waals surface area contributed by atoms with Gasteiger partial charge in [0.2, 0.25) is 5.91 Å². The highest BCUT2D eigenvalue weighted by atomic mass is 32.2. The maximum absolute atomic E-state index is 12.2. The van der Waals surface area contributed by atoms with Crippen molar-refractivity contribution in [2.75, 3.05) is 5.75 Å². The summed E-state index contributed by atoms with van der Waals surface area (Å²) in [5.74, 6) is -0.477. The number of hydrogen-bond acceptors (Lipinski definition) is 6. The van der Waals surface area contributed by atoms with E-state index in [0.29, 0.717) is 21.9 Å². The third kappa shape index (κ3) is 4.30. The van der Waals surface area contributed by atoms with Crippen LogP contribution in [0.4, 0.5) is 4.79 Å². The summed E-state index contributed by atoms with van der Waals surface area (Å²) >= 11 is 2.44. The van der Waals surface area contributed by atoms with E-state index in [4.69, 9.17) is 0 Å². The number of hydrogen-bond donors (Lipinski definition) is 2. The quantitative estimate of drug-likeness (QED) is 0.516. The Labute approximate surface area is 157 Å². The number of benzene rings is 1. The lowest BCUT2D eigenvalue weighted by atomic mass is 10.2. The lowest BCUT2D eigenvalue weighted by Gasteiger charge is -2.08. The molecule has 0 atom stereocenters. The van der Waals surface area contributed by atoms with Crippen molar-refractivity contribution in [3.63, 3.8) is 0 Å². The third-order valence-electron chi connectivity index (χ3n) is 3.53. The molecule has 0 saturated carbocycles. The van der Waals surface area contributed by atoms with E-state index in [9.17, 15) is 14.4 Å². The number of aromatic nitrogens is 2. The number of urea groups is 1. The molecular formula is C17H16N4O3S2. The number of amides is 3. The standard InChI is InChI=1S/C17H16N4O3S2/c1-21-15(23)14-12(7-8-25-14)19-17(21)26-10-13(22)20-16(24)18-9-11-5-3-2-4-6-11/h2-8H,9-10H2,1H3,(H2,18,20,22,24). The fourth-order valence-corrected chi connectivity index (χ4v) is 3.79. The molecule has 3 aromatic rings. The van der Waals surface area contributed by atoms with E-state index in [2.05, 4.69) is 15.6 Å². The van der Waals surface area contributed by atoms with Gasteiger partial charge >= 0.3 is 6.03 Å². The first kappa shape index (κ1) is 18.2. The zero-order valence-corrected chi connectivity index (χ0v) is 15.5. The summed E-state index contributed by atoms with van der Waals surface area (Å²) in [6.45, 7) is 0.331. The van der Waals surface area contributed by atoms with Gasteiger partial charge in [0.15, 0.2) is 5.16 Å². The molecule has 0 aliphatic heterocycles. The van der Waals surface area contributed by atoms with Crippen LogP contribution in [0, 0.1) is 0 Å². The summed E-state index contributed by atoms with van der Waals surface area (Å²) in [7, 11) is 1.61. The predicted octanol–water partition coefficient (Wildman–Crippen LogP) is 2.11. The molecule has 1 aromatic carbocycles. The molecule has 9 heteroatoms. The molecule has 0 aliphatic carbocycles. The minimum Gasteiger partial charge on any atom is -0.334 e. The molecule has 26 heavy (non-hydrogen) atoms. The van der Waals surface area contributed by atoms with Gasteiger partial charge in [0.1, 0.15) is 4.70 Å². The first-order valence-electron chi connectivity index (χ1n) is 7.73. The summed E-state index contributed by atoms with van der Waals surface area (Å²) in [6, 6.07) is 10.6. The Morgan fingerprint density at radius 2 is 2.00 bits per heavy atom. The molecule has 7 nitrogen and oxygen atoms in total. The van der Waals surface area contributed by atoms with Crippen molar-refractivity contribution in [3.05, 3.63) is 57.7 Å². The number of rotatable bonds is 5. The van der Waals surface area contributed by atoms with E-state index in [0.717, 1.165) is 17.3 Å². The van der Waals surface area contributed by atoms with E-state index in [1.807, 2.05) is 30.3 Å². The van der Waals surface area contributed by atoms with Crippen molar-refractivity contribution in [2.45, 2.75) is 11.7 Å². The lowest BCUT2D eigenvalue weighted by molar-refractivity contribution is -0.117. The minimum absolute atomic E-state index is 0.0192. The highest BCUT2D eigenvalue weighted by Crippen LogP contribution is 2.19. The fourth-order valence-electron chi connectivity index (χ4n) is 2.21. The molecule has 3 amide bonds. The average Bonchev–Trinajstić information content (AvgIpc) is 3.11. The molecule has 2 aromatic heterocycles. The maximum atomic E-state index is 12.2. The van der Waals surface area contributed by atoms with Crippen LogP contribution in [0.2, 0.25) is 0 Å². The Kier molecular flexibility index (Phi) is 5.69. The molecule has 0 unspecified atom stereocenters. The second-order valence-corrected chi connectivity index (χ2v) is 7.26. The molecule has 0 bridgehead atoms. The predicted molar refractivity (Wildman–Crippen MR) is 102 cm³/mol. The Bertz CT molecular complexity index is 998. The molecule has 3 rings (SSSR count). The molecule has 134 valence electrons. The second kappa shape index (κ2) is 8.15. The summed E-state index contributed by atoms with van der Waals surface area (Å²) in [4.78, 5) is 40.3. The fraction of sp³-hybridized carbons (Fsp3) is 0.176. The van der Waals surface area contributed by atoms with Crippen LogP contribution in [0.25, 0.3) is 10.2 Å². The number of fused-ring (bicyclic) bond motifs is 1. The first-order valence-corrected chi connectivity index (χ1v) is 9.60. The van der Waals surface area contributed by atoms with E-state index < -0.39 is 11.9 Å². The molecule has 0 aliphatic rings. The van der Waals surface area contributed by atoms with Gasteiger partial charge in [0.25, 0.3) is 5.56 Å². The average molecular weight is 388 g/mol. The Hall–Kier alpha value is -2.65. The molecule has 0 radical (unpaired) electrons. The highest BCUT2D eigenvalue weighted by Gasteiger charge is 2.13. The summed E-state index contributed by atoms with van der Waals surface area (Å²) < 4.78 is 1.99. The molecule has 0 fully saturated rings. The van der Waals surface area contributed by atoms with Crippen molar-refractivity contribution in [2.24, 2.45) is 7.05 Å². The van der Waals surface area contributed by atoms with Crippen LogP contribution in [0.1, 0.15) is 5.56 Å². The van der Waals surface area contributed by atoms with Crippen molar-refractivity contribution in [1.29, 1.82) is 0 Å². The first-order chi connectivity index (χ1) is 12.5. The van der Waals surface area contributed by atoms with Crippen LogP contribution >= 0.6 is 23.1 Å². The zero-order valence-electron chi connectivity index (χ0n) is 13.9. The summed E-state index contributed by atoms with van der Waals surface area (Å²) in [6.07, 6.45) is 0. The number of carbonyl (C=O) groups is 2. The zero-order chi connectivity index (χ0) is 18.5. The van der Waals surface area contributed by atoms with Gasteiger partial charge in [0, 0.05) is 13.6 Å². The normalized spacial score (nSPS) is 10.7. The Morgan fingerprint density at radius 3 is 2.77 bits per heavy atom. The number of thioether (sulfide) groups is 1. The van der Waals surface area contributed by atoms with Crippen LogP contribution in [0.15, 0.2) is 51.7 Å². The largest absolute Gasteiger partial charge is 0.334 e. The van der Waals surface area contributed by atoms with Gasteiger partial charge in [-0.05, 0) is 17.0 Å².